The second kappa shape index (κ2) is 5.89. The Kier molecular flexibility index (Phi) is 4.24. The fourth-order valence-electron chi connectivity index (χ4n) is 2.75. The molecule has 0 radical (unpaired) electrons. The van der Waals surface area contributed by atoms with Crippen LogP contribution in [0.2, 0.25) is 0 Å². The van der Waals surface area contributed by atoms with Gasteiger partial charge in [-0.3, -0.25) is 4.79 Å². The largest absolute Gasteiger partial charge is 0.497 e. The number of benzene rings is 1. The van der Waals surface area contributed by atoms with E-state index in [2.05, 4.69) is 6.07 Å². The van der Waals surface area contributed by atoms with Crippen LogP contribution in [-0.2, 0) is 11.2 Å². The lowest BCUT2D eigenvalue weighted by Gasteiger charge is -2.23. The number of hydrogen-bond donors (Lipinski definition) is 1. The topological polar surface area (TPSA) is 46.5 Å². The van der Waals surface area contributed by atoms with E-state index in [1.807, 2.05) is 12.1 Å². The summed E-state index contributed by atoms with van der Waals surface area (Å²) in [6, 6.07) is 5.91. The summed E-state index contributed by atoms with van der Waals surface area (Å²) < 4.78 is 5.27. The van der Waals surface area contributed by atoms with Crippen molar-refractivity contribution in [3.63, 3.8) is 0 Å². The molecule has 18 heavy (non-hydrogen) atoms. The Morgan fingerprint density at radius 2 is 2.00 bits per heavy atom. The van der Waals surface area contributed by atoms with E-state index in [-0.39, 0.29) is 6.42 Å². The molecular formula is C15H20O3. The molecule has 0 heterocycles. The van der Waals surface area contributed by atoms with Gasteiger partial charge in [-0.05, 0) is 42.0 Å². The van der Waals surface area contributed by atoms with Crippen LogP contribution in [0, 0.1) is 0 Å². The molecule has 0 amide bonds. The zero-order chi connectivity index (χ0) is 13.0. The average molecular weight is 248 g/mol. The first kappa shape index (κ1) is 12.9. The molecule has 0 spiro atoms. The van der Waals surface area contributed by atoms with E-state index in [0.717, 1.165) is 11.3 Å². The zero-order valence-corrected chi connectivity index (χ0v) is 10.8. The zero-order valence-electron chi connectivity index (χ0n) is 10.8. The highest BCUT2D eigenvalue weighted by Crippen LogP contribution is 2.34. The van der Waals surface area contributed by atoms with Gasteiger partial charge in [-0.2, -0.15) is 0 Å². The molecular weight excluding hydrogens is 228 g/mol. The summed E-state index contributed by atoms with van der Waals surface area (Å²) in [5, 5.41) is 8.89. The summed E-state index contributed by atoms with van der Waals surface area (Å²) in [5.74, 6) is 0.550. The summed E-state index contributed by atoms with van der Waals surface area (Å²) in [7, 11) is 1.63. The van der Waals surface area contributed by atoms with Crippen LogP contribution < -0.4 is 4.74 Å². The van der Waals surface area contributed by atoms with Crippen LogP contribution in [0.3, 0.4) is 0 Å². The normalized spacial score (nSPS) is 16.5. The average Bonchev–Trinajstić information content (AvgIpc) is 2.38. The molecule has 1 fully saturated rings. The summed E-state index contributed by atoms with van der Waals surface area (Å²) >= 11 is 0. The standard InChI is InChI=1S/C15H20O3/c1-18-14-8-11(9-15(16)17)7-13(10-14)12-5-3-2-4-6-12/h7-8,10,12H,2-6,9H2,1H3,(H,16,17). The minimum absolute atomic E-state index is 0.0664. The summed E-state index contributed by atoms with van der Waals surface area (Å²) in [6.07, 6.45) is 6.35. The van der Waals surface area contributed by atoms with Crippen LogP contribution in [0.4, 0.5) is 0 Å². The van der Waals surface area contributed by atoms with Crippen molar-refractivity contribution in [3.05, 3.63) is 29.3 Å². The second-order valence-corrected chi connectivity index (χ2v) is 5.02. The molecule has 1 aromatic rings. The van der Waals surface area contributed by atoms with Crippen LogP contribution in [0.25, 0.3) is 0 Å². The monoisotopic (exact) mass is 248 g/mol. The first-order chi connectivity index (χ1) is 8.69. The molecule has 0 atom stereocenters. The van der Waals surface area contributed by atoms with Gasteiger partial charge in [0, 0.05) is 0 Å². The summed E-state index contributed by atoms with van der Waals surface area (Å²) in [4.78, 5) is 10.8. The van der Waals surface area contributed by atoms with Gasteiger partial charge in [-0.15, -0.1) is 0 Å². The maximum absolute atomic E-state index is 10.8. The fraction of sp³-hybridized carbons (Fsp3) is 0.533. The molecule has 1 saturated carbocycles. The Morgan fingerprint density at radius 3 is 2.61 bits per heavy atom. The van der Waals surface area contributed by atoms with Gasteiger partial charge in [0.25, 0.3) is 0 Å². The maximum Gasteiger partial charge on any atom is 0.307 e. The predicted molar refractivity (Wildman–Crippen MR) is 70.2 cm³/mol. The van der Waals surface area contributed by atoms with Crippen LogP contribution in [-0.4, -0.2) is 18.2 Å². The molecule has 2 rings (SSSR count). The molecule has 0 unspecified atom stereocenters. The summed E-state index contributed by atoms with van der Waals surface area (Å²) in [5.41, 5.74) is 2.08. The van der Waals surface area contributed by atoms with Gasteiger partial charge in [-0.25, -0.2) is 0 Å². The third-order valence-electron chi connectivity index (χ3n) is 3.66. The van der Waals surface area contributed by atoms with Crippen molar-refractivity contribution >= 4 is 5.97 Å². The second-order valence-electron chi connectivity index (χ2n) is 5.02. The number of aliphatic carboxylic acids is 1. The maximum atomic E-state index is 10.8. The van der Waals surface area contributed by atoms with Crippen LogP contribution in [0.1, 0.15) is 49.1 Å². The smallest absolute Gasteiger partial charge is 0.307 e. The quantitative estimate of drug-likeness (QED) is 0.888. The van der Waals surface area contributed by atoms with Crippen molar-refractivity contribution in [3.8, 4) is 5.75 Å². The van der Waals surface area contributed by atoms with Crippen molar-refractivity contribution in [2.45, 2.75) is 44.4 Å². The van der Waals surface area contributed by atoms with Crippen molar-refractivity contribution < 1.29 is 14.6 Å². The van der Waals surface area contributed by atoms with Crippen molar-refractivity contribution in [1.82, 2.24) is 0 Å². The number of carboxylic acids is 1. The molecule has 0 saturated heterocycles. The number of hydrogen-bond acceptors (Lipinski definition) is 2. The summed E-state index contributed by atoms with van der Waals surface area (Å²) in [6.45, 7) is 0. The van der Waals surface area contributed by atoms with Crippen molar-refractivity contribution in [2.24, 2.45) is 0 Å². The Morgan fingerprint density at radius 1 is 1.28 bits per heavy atom. The Hall–Kier alpha value is -1.51. The number of ether oxygens (including phenoxy) is 1. The lowest BCUT2D eigenvalue weighted by Crippen LogP contribution is -2.07. The highest BCUT2D eigenvalue weighted by molar-refractivity contribution is 5.70. The van der Waals surface area contributed by atoms with E-state index < -0.39 is 5.97 Å². The number of carboxylic acid groups (broad SMARTS) is 1. The highest BCUT2D eigenvalue weighted by Gasteiger charge is 2.17. The molecule has 3 heteroatoms. The minimum Gasteiger partial charge on any atom is -0.497 e. The Bertz CT molecular complexity index is 420. The first-order valence-corrected chi connectivity index (χ1v) is 6.58. The molecule has 1 aromatic carbocycles. The van der Waals surface area contributed by atoms with Crippen LogP contribution >= 0.6 is 0 Å². The van der Waals surface area contributed by atoms with Gasteiger partial charge in [0.1, 0.15) is 5.75 Å². The van der Waals surface area contributed by atoms with Crippen molar-refractivity contribution in [2.75, 3.05) is 7.11 Å². The fourth-order valence-corrected chi connectivity index (χ4v) is 2.75. The third kappa shape index (κ3) is 3.25. The van der Waals surface area contributed by atoms with E-state index in [4.69, 9.17) is 9.84 Å². The van der Waals surface area contributed by atoms with E-state index in [1.165, 1.54) is 37.7 Å². The molecule has 98 valence electrons. The number of rotatable bonds is 4. The van der Waals surface area contributed by atoms with E-state index in [1.54, 1.807) is 7.11 Å². The first-order valence-electron chi connectivity index (χ1n) is 6.58. The molecule has 0 aliphatic heterocycles. The van der Waals surface area contributed by atoms with Crippen molar-refractivity contribution in [1.29, 1.82) is 0 Å². The van der Waals surface area contributed by atoms with Gasteiger partial charge in [0.2, 0.25) is 0 Å². The SMILES string of the molecule is COc1cc(CC(=O)O)cc(C2CCCCC2)c1. The van der Waals surface area contributed by atoms with Gasteiger partial charge in [-0.1, -0.05) is 25.3 Å². The molecule has 1 aliphatic rings. The van der Waals surface area contributed by atoms with E-state index in [0.29, 0.717) is 5.92 Å². The van der Waals surface area contributed by atoms with Crippen LogP contribution in [0.15, 0.2) is 18.2 Å². The van der Waals surface area contributed by atoms with E-state index in [9.17, 15) is 4.79 Å². The minimum atomic E-state index is -0.794. The Balaban J connectivity index is 2.24. The molecule has 1 aliphatic carbocycles. The van der Waals surface area contributed by atoms with Gasteiger partial charge >= 0.3 is 5.97 Å². The third-order valence-corrected chi connectivity index (χ3v) is 3.66. The highest BCUT2D eigenvalue weighted by atomic mass is 16.5. The molecule has 0 aromatic heterocycles. The molecule has 1 N–H and O–H groups in total. The predicted octanol–water partition coefficient (Wildman–Crippen LogP) is 3.37. The lowest BCUT2D eigenvalue weighted by molar-refractivity contribution is -0.136. The van der Waals surface area contributed by atoms with Gasteiger partial charge < -0.3 is 9.84 Å². The molecule has 0 bridgehead atoms. The molecule has 3 nitrogen and oxygen atoms in total. The lowest BCUT2D eigenvalue weighted by atomic mass is 9.83. The Labute approximate surface area is 108 Å². The van der Waals surface area contributed by atoms with Crippen LogP contribution in [0.5, 0.6) is 5.75 Å². The van der Waals surface area contributed by atoms with Gasteiger partial charge in [0.15, 0.2) is 0 Å². The number of carbonyl (C=O) groups is 1. The number of methoxy groups -OCH3 is 1. The van der Waals surface area contributed by atoms with E-state index >= 15 is 0 Å². The van der Waals surface area contributed by atoms with Gasteiger partial charge in [0.05, 0.1) is 13.5 Å².